The molecule has 0 heterocycles. The van der Waals surface area contributed by atoms with E-state index in [1.54, 1.807) is 0 Å². The summed E-state index contributed by atoms with van der Waals surface area (Å²) in [4.78, 5) is 14.5. The maximum atomic E-state index is 12.3. The van der Waals surface area contributed by atoms with E-state index in [0.717, 1.165) is 23.4 Å². The van der Waals surface area contributed by atoms with Crippen LogP contribution in [0.25, 0.3) is 0 Å². The first-order valence-corrected chi connectivity index (χ1v) is 8.67. The average molecular weight is 345 g/mol. The first kappa shape index (κ1) is 17.7. The molecule has 0 fully saturated rings. The highest BCUT2D eigenvalue weighted by Gasteiger charge is 2.23. The van der Waals surface area contributed by atoms with Crippen LogP contribution in [-0.4, -0.2) is 20.1 Å². The van der Waals surface area contributed by atoms with E-state index < -0.39 is 5.92 Å². The van der Waals surface area contributed by atoms with Gasteiger partial charge in [0.25, 0.3) is 0 Å². The summed E-state index contributed by atoms with van der Waals surface area (Å²) in [5.74, 6) is -0.656. The first-order chi connectivity index (χ1) is 12.7. The van der Waals surface area contributed by atoms with Gasteiger partial charge < -0.3 is 9.64 Å². The topological polar surface area (TPSA) is 29.5 Å². The highest BCUT2D eigenvalue weighted by molar-refractivity contribution is 5.82. The van der Waals surface area contributed by atoms with Crippen LogP contribution in [0.5, 0.6) is 0 Å². The number of carbonyl (C=O) groups is 1. The molecule has 3 heteroatoms. The largest absolute Gasteiger partial charge is 0.468 e. The van der Waals surface area contributed by atoms with Crippen LogP contribution in [0.4, 0.5) is 5.69 Å². The van der Waals surface area contributed by atoms with Gasteiger partial charge in [0.15, 0.2) is 0 Å². The molecule has 0 N–H and O–H groups in total. The van der Waals surface area contributed by atoms with Gasteiger partial charge in [0.05, 0.1) is 7.11 Å². The summed E-state index contributed by atoms with van der Waals surface area (Å²) in [6.45, 7) is 0.833. The van der Waals surface area contributed by atoms with E-state index in [4.69, 9.17) is 4.74 Å². The SMILES string of the molecule is COC(=O)C(c1ccccc1)c1ccc(N(C)Cc2ccccc2)cc1. The van der Waals surface area contributed by atoms with Gasteiger partial charge in [-0.15, -0.1) is 0 Å². The monoisotopic (exact) mass is 345 g/mol. The standard InChI is InChI=1S/C23H23NO2/c1-24(17-18-9-5-3-6-10-18)21-15-13-20(14-16-21)22(23(25)26-2)19-11-7-4-8-12-19/h3-16,22H,17H2,1-2H3. The van der Waals surface area contributed by atoms with Crippen molar-refractivity contribution in [2.24, 2.45) is 0 Å². The molecule has 0 radical (unpaired) electrons. The molecular weight excluding hydrogens is 322 g/mol. The Morgan fingerprint density at radius 1 is 0.846 bits per heavy atom. The van der Waals surface area contributed by atoms with Crippen LogP contribution in [0.3, 0.4) is 0 Å². The molecule has 132 valence electrons. The Morgan fingerprint density at radius 2 is 1.38 bits per heavy atom. The van der Waals surface area contributed by atoms with E-state index >= 15 is 0 Å². The second-order valence-electron chi connectivity index (χ2n) is 6.30. The van der Waals surface area contributed by atoms with Gasteiger partial charge in [0.1, 0.15) is 5.92 Å². The molecule has 1 unspecified atom stereocenters. The summed E-state index contributed by atoms with van der Waals surface area (Å²) < 4.78 is 5.03. The van der Waals surface area contributed by atoms with E-state index in [1.165, 1.54) is 12.7 Å². The number of hydrogen-bond acceptors (Lipinski definition) is 3. The number of esters is 1. The molecule has 1 atom stereocenters. The Balaban J connectivity index is 1.81. The predicted octanol–water partition coefficient (Wildman–Crippen LogP) is 4.63. The second-order valence-corrected chi connectivity index (χ2v) is 6.30. The molecule has 0 spiro atoms. The molecule has 3 aromatic rings. The lowest BCUT2D eigenvalue weighted by Gasteiger charge is -2.21. The zero-order chi connectivity index (χ0) is 18.4. The first-order valence-electron chi connectivity index (χ1n) is 8.67. The molecule has 0 aliphatic rings. The van der Waals surface area contributed by atoms with Gasteiger partial charge in [0, 0.05) is 19.3 Å². The third kappa shape index (κ3) is 4.12. The van der Waals surface area contributed by atoms with E-state index in [1.807, 2.05) is 60.7 Å². The molecule has 0 aliphatic carbocycles. The number of rotatable bonds is 6. The van der Waals surface area contributed by atoms with Crippen LogP contribution in [0.15, 0.2) is 84.9 Å². The van der Waals surface area contributed by atoms with Gasteiger partial charge in [-0.2, -0.15) is 0 Å². The molecule has 3 aromatic carbocycles. The van der Waals surface area contributed by atoms with Crippen molar-refractivity contribution in [2.75, 3.05) is 19.1 Å². The summed E-state index contributed by atoms with van der Waals surface area (Å²) >= 11 is 0. The molecule has 0 saturated carbocycles. The van der Waals surface area contributed by atoms with Gasteiger partial charge >= 0.3 is 5.97 Å². The summed E-state index contributed by atoms with van der Waals surface area (Å²) in [7, 11) is 3.50. The maximum absolute atomic E-state index is 12.3. The fourth-order valence-electron chi connectivity index (χ4n) is 3.10. The Labute approximate surface area is 154 Å². The fraction of sp³-hybridized carbons (Fsp3) is 0.174. The van der Waals surface area contributed by atoms with Crippen molar-refractivity contribution in [1.82, 2.24) is 0 Å². The van der Waals surface area contributed by atoms with Crippen molar-refractivity contribution in [3.63, 3.8) is 0 Å². The number of methoxy groups -OCH3 is 1. The highest BCUT2D eigenvalue weighted by atomic mass is 16.5. The zero-order valence-corrected chi connectivity index (χ0v) is 15.1. The highest BCUT2D eigenvalue weighted by Crippen LogP contribution is 2.28. The Morgan fingerprint density at radius 3 is 1.96 bits per heavy atom. The van der Waals surface area contributed by atoms with Crippen LogP contribution in [0, 0.1) is 0 Å². The minimum atomic E-state index is -0.408. The summed E-state index contributed by atoms with van der Waals surface area (Å²) in [6, 6.07) is 28.2. The van der Waals surface area contributed by atoms with Crippen molar-refractivity contribution >= 4 is 11.7 Å². The molecule has 0 saturated heterocycles. The van der Waals surface area contributed by atoms with Gasteiger partial charge in [0.2, 0.25) is 0 Å². The summed E-state index contributed by atoms with van der Waals surface area (Å²) in [6.07, 6.45) is 0. The van der Waals surface area contributed by atoms with Crippen LogP contribution in [0.2, 0.25) is 0 Å². The summed E-state index contributed by atoms with van der Waals surface area (Å²) in [5, 5.41) is 0. The number of anilines is 1. The number of benzene rings is 3. The average Bonchev–Trinajstić information content (AvgIpc) is 2.70. The lowest BCUT2D eigenvalue weighted by molar-refractivity contribution is -0.141. The minimum Gasteiger partial charge on any atom is -0.468 e. The quantitative estimate of drug-likeness (QED) is 0.610. The predicted molar refractivity (Wildman–Crippen MR) is 105 cm³/mol. The molecule has 3 rings (SSSR count). The Hall–Kier alpha value is -3.07. The third-order valence-electron chi connectivity index (χ3n) is 4.50. The van der Waals surface area contributed by atoms with E-state index in [2.05, 4.69) is 36.2 Å². The van der Waals surface area contributed by atoms with Crippen LogP contribution >= 0.6 is 0 Å². The van der Waals surface area contributed by atoms with E-state index in [-0.39, 0.29) is 5.97 Å². The lowest BCUT2D eigenvalue weighted by atomic mass is 9.91. The van der Waals surface area contributed by atoms with Crippen LogP contribution in [0.1, 0.15) is 22.6 Å². The van der Waals surface area contributed by atoms with Crippen LogP contribution < -0.4 is 4.90 Å². The normalized spacial score (nSPS) is 11.6. The fourth-order valence-corrected chi connectivity index (χ4v) is 3.10. The number of nitrogens with zero attached hydrogens (tertiary/aromatic N) is 1. The maximum Gasteiger partial charge on any atom is 0.317 e. The number of hydrogen-bond donors (Lipinski definition) is 0. The third-order valence-corrected chi connectivity index (χ3v) is 4.50. The molecule has 26 heavy (non-hydrogen) atoms. The number of ether oxygens (including phenoxy) is 1. The molecule has 0 amide bonds. The smallest absolute Gasteiger partial charge is 0.317 e. The molecule has 0 aliphatic heterocycles. The molecule has 3 nitrogen and oxygen atoms in total. The van der Waals surface area contributed by atoms with Gasteiger partial charge in [-0.1, -0.05) is 72.8 Å². The molecular formula is C23H23NO2. The lowest BCUT2D eigenvalue weighted by Crippen LogP contribution is -2.18. The second kappa shape index (κ2) is 8.34. The minimum absolute atomic E-state index is 0.249. The van der Waals surface area contributed by atoms with Gasteiger partial charge in [-0.05, 0) is 28.8 Å². The Kier molecular flexibility index (Phi) is 5.69. The van der Waals surface area contributed by atoms with Gasteiger partial charge in [-0.25, -0.2) is 0 Å². The van der Waals surface area contributed by atoms with E-state index in [0.29, 0.717) is 0 Å². The number of carbonyl (C=O) groups excluding carboxylic acids is 1. The van der Waals surface area contributed by atoms with Crippen molar-refractivity contribution in [2.45, 2.75) is 12.5 Å². The van der Waals surface area contributed by atoms with Crippen LogP contribution in [-0.2, 0) is 16.1 Å². The van der Waals surface area contributed by atoms with E-state index in [9.17, 15) is 4.79 Å². The van der Waals surface area contributed by atoms with Crippen molar-refractivity contribution in [3.05, 3.63) is 102 Å². The van der Waals surface area contributed by atoms with Gasteiger partial charge in [-0.3, -0.25) is 4.79 Å². The zero-order valence-electron chi connectivity index (χ0n) is 15.1. The van der Waals surface area contributed by atoms with Crippen molar-refractivity contribution in [1.29, 1.82) is 0 Å². The van der Waals surface area contributed by atoms with Crippen molar-refractivity contribution in [3.8, 4) is 0 Å². The summed E-state index contributed by atoms with van der Waals surface area (Å²) in [5.41, 5.74) is 4.23. The molecule has 0 aromatic heterocycles. The molecule has 0 bridgehead atoms. The van der Waals surface area contributed by atoms with Crippen molar-refractivity contribution < 1.29 is 9.53 Å². The Bertz CT molecular complexity index is 829.